The molecule has 0 aliphatic carbocycles. The van der Waals surface area contributed by atoms with Gasteiger partial charge >= 0.3 is 5.97 Å². The van der Waals surface area contributed by atoms with Crippen molar-refractivity contribution in [2.45, 2.75) is 6.54 Å². The molecular formula is C16H16BrNO3. The van der Waals surface area contributed by atoms with Crippen LogP contribution in [0.15, 0.2) is 46.9 Å². The highest BCUT2D eigenvalue weighted by Gasteiger charge is 2.14. The van der Waals surface area contributed by atoms with Crippen LogP contribution in [0.4, 0.5) is 5.69 Å². The summed E-state index contributed by atoms with van der Waals surface area (Å²) in [6.07, 6.45) is 0. The lowest BCUT2D eigenvalue weighted by atomic mass is 10.1. The Balaban J connectivity index is 2.23. The van der Waals surface area contributed by atoms with Crippen LogP contribution in [0.5, 0.6) is 5.75 Å². The summed E-state index contributed by atoms with van der Waals surface area (Å²) in [4.78, 5) is 13.3. The lowest BCUT2D eigenvalue weighted by Crippen LogP contribution is -2.19. The Morgan fingerprint density at radius 3 is 2.48 bits per heavy atom. The molecule has 0 bridgehead atoms. The van der Waals surface area contributed by atoms with Crippen molar-refractivity contribution in [1.29, 1.82) is 0 Å². The second kappa shape index (κ2) is 6.63. The van der Waals surface area contributed by atoms with E-state index >= 15 is 0 Å². The fraction of sp³-hybridized carbons (Fsp3) is 0.188. The number of rotatable bonds is 5. The smallest absolute Gasteiger partial charge is 0.337 e. The zero-order valence-corrected chi connectivity index (χ0v) is 13.4. The topological polar surface area (TPSA) is 49.8 Å². The number of aromatic carboxylic acids is 1. The van der Waals surface area contributed by atoms with Crippen molar-refractivity contribution in [3.63, 3.8) is 0 Å². The van der Waals surface area contributed by atoms with Gasteiger partial charge in [0.25, 0.3) is 0 Å². The number of carbonyl (C=O) groups is 1. The normalized spacial score (nSPS) is 10.2. The van der Waals surface area contributed by atoms with Crippen molar-refractivity contribution < 1.29 is 14.6 Å². The van der Waals surface area contributed by atoms with Crippen LogP contribution >= 0.6 is 15.9 Å². The molecule has 0 aromatic heterocycles. The molecule has 0 saturated carbocycles. The summed E-state index contributed by atoms with van der Waals surface area (Å²) in [5, 5.41) is 9.31. The number of hydrogen-bond acceptors (Lipinski definition) is 3. The first kappa shape index (κ1) is 15.4. The van der Waals surface area contributed by atoms with Crippen molar-refractivity contribution in [2.24, 2.45) is 0 Å². The summed E-state index contributed by atoms with van der Waals surface area (Å²) >= 11 is 3.30. The number of ether oxygens (including phenoxy) is 1. The second-order valence-corrected chi connectivity index (χ2v) is 5.59. The van der Waals surface area contributed by atoms with Gasteiger partial charge in [-0.05, 0) is 35.9 Å². The lowest BCUT2D eigenvalue weighted by molar-refractivity contribution is 0.0697. The third kappa shape index (κ3) is 3.76. The Kier molecular flexibility index (Phi) is 4.85. The first-order valence-electron chi connectivity index (χ1n) is 6.38. The van der Waals surface area contributed by atoms with Gasteiger partial charge in [-0.1, -0.05) is 28.1 Å². The Labute approximate surface area is 132 Å². The average Bonchev–Trinajstić information content (AvgIpc) is 2.47. The summed E-state index contributed by atoms with van der Waals surface area (Å²) in [7, 11) is 3.50. The number of carboxylic acids is 1. The number of halogens is 1. The monoisotopic (exact) mass is 349 g/mol. The maximum Gasteiger partial charge on any atom is 0.337 e. The predicted octanol–water partition coefficient (Wildman–Crippen LogP) is 3.79. The van der Waals surface area contributed by atoms with Crippen LogP contribution in [-0.2, 0) is 6.54 Å². The van der Waals surface area contributed by atoms with Gasteiger partial charge in [0.2, 0.25) is 0 Å². The number of benzene rings is 2. The van der Waals surface area contributed by atoms with Gasteiger partial charge in [-0.3, -0.25) is 0 Å². The van der Waals surface area contributed by atoms with Crippen molar-refractivity contribution >= 4 is 27.6 Å². The summed E-state index contributed by atoms with van der Waals surface area (Å²) in [6, 6.07) is 13.0. The summed E-state index contributed by atoms with van der Waals surface area (Å²) < 4.78 is 5.88. The van der Waals surface area contributed by atoms with Gasteiger partial charge < -0.3 is 14.7 Å². The number of carboxylic acid groups (broad SMARTS) is 1. The highest BCUT2D eigenvalue weighted by Crippen LogP contribution is 2.25. The van der Waals surface area contributed by atoms with Gasteiger partial charge in [0, 0.05) is 18.1 Å². The molecular weight excluding hydrogens is 334 g/mol. The zero-order chi connectivity index (χ0) is 15.4. The van der Waals surface area contributed by atoms with Crippen LogP contribution in [0.3, 0.4) is 0 Å². The van der Waals surface area contributed by atoms with E-state index in [4.69, 9.17) is 4.74 Å². The third-order valence-corrected chi connectivity index (χ3v) is 3.67. The molecule has 0 aliphatic heterocycles. The Morgan fingerprint density at radius 1 is 1.24 bits per heavy atom. The number of nitrogens with zero attached hydrogens (tertiary/aromatic N) is 1. The van der Waals surface area contributed by atoms with Gasteiger partial charge in [-0.25, -0.2) is 4.79 Å². The largest absolute Gasteiger partial charge is 0.497 e. The second-order valence-electron chi connectivity index (χ2n) is 4.67. The minimum atomic E-state index is -0.937. The van der Waals surface area contributed by atoms with Crippen molar-refractivity contribution in [3.8, 4) is 5.75 Å². The van der Waals surface area contributed by atoms with Crippen LogP contribution in [0.25, 0.3) is 0 Å². The minimum absolute atomic E-state index is 0.278. The van der Waals surface area contributed by atoms with E-state index in [9.17, 15) is 9.90 Å². The molecule has 110 valence electrons. The van der Waals surface area contributed by atoms with E-state index in [1.807, 2.05) is 42.3 Å². The number of anilines is 1. The molecule has 0 fully saturated rings. The average molecular weight is 350 g/mol. The van der Waals surface area contributed by atoms with E-state index in [0.717, 1.165) is 15.8 Å². The van der Waals surface area contributed by atoms with E-state index in [1.54, 1.807) is 19.2 Å². The van der Waals surface area contributed by atoms with E-state index < -0.39 is 5.97 Å². The molecule has 0 aliphatic rings. The van der Waals surface area contributed by atoms with Crippen molar-refractivity contribution in [3.05, 3.63) is 58.1 Å². The highest BCUT2D eigenvalue weighted by molar-refractivity contribution is 9.10. The van der Waals surface area contributed by atoms with Crippen molar-refractivity contribution in [2.75, 3.05) is 19.1 Å². The van der Waals surface area contributed by atoms with E-state index in [0.29, 0.717) is 12.2 Å². The molecule has 0 amide bonds. The third-order valence-electron chi connectivity index (χ3n) is 3.18. The first-order chi connectivity index (χ1) is 10.0. The predicted molar refractivity (Wildman–Crippen MR) is 86.2 cm³/mol. The molecule has 4 nitrogen and oxygen atoms in total. The molecule has 1 N–H and O–H groups in total. The number of hydrogen-bond donors (Lipinski definition) is 1. The molecule has 5 heteroatoms. The molecule has 0 saturated heterocycles. The summed E-state index contributed by atoms with van der Waals surface area (Å²) in [5.41, 5.74) is 2.04. The zero-order valence-electron chi connectivity index (χ0n) is 11.8. The molecule has 0 atom stereocenters. The standard InChI is InChI=1S/C16H16BrNO3/c1-18(10-11-3-6-13(21-2)7-4-11)15-8-5-12(17)9-14(15)16(19)20/h3-9H,10H2,1-2H3,(H,19,20). The Bertz CT molecular complexity index is 640. The molecule has 2 aromatic carbocycles. The van der Waals surface area contributed by atoms with Gasteiger partial charge in [0.15, 0.2) is 0 Å². The SMILES string of the molecule is COc1ccc(CN(C)c2ccc(Br)cc2C(=O)O)cc1. The van der Waals surface area contributed by atoms with Crippen LogP contribution in [-0.4, -0.2) is 25.2 Å². The molecule has 2 aromatic rings. The van der Waals surface area contributed by atoms with Crippen LogP contribution in [0.2, 0.25) is 0 Å². The molecule has 0 spiro atoms. The highest BCUT2D eigenvalue weighted by atomic mass is 79.9. The molecule has 0 heterocycles. The maximum absolute atomic E-state index is 11.4. The quantitative estimate of drug-likeness (QED) is 0.891. The van der Waals surface area contributed by atoms with E-state index in [-0.39, 0.29) is 5.56 Å². The van der Waals surface area contributed by atoms with Crippen LogP contribution in [0, 0.1) is 0 Å². The maximum atomic E-state index is 11.4. The van der Waals surface area contributed by atoms with Gasteiger partial charge in [-0.2, -0.15) is 0 Å². The number of methoxy groups -OCH3 is 1. The summed E-state index contributed by atoms with van der Waals surface area (Å²) in [6.45, 7) is 0.617. The molecule has 0 unspecified atom stereocenters. The summed E-state index contributed by atoms with van der Waals surface area (Å²) in [5.74, 6) is -0.135. The fourth-order valence-electron chi connectivity index (χ4n) is 2.10. The van der Waals surface area contributed by atoms with Crippen LogP contribution in [0.1, 0.15) is 15.9 Å². The lowest BCUT2D eigenvalue weighted by Gasteiger charge is -2.21. The molecule has 0 radical (unpaired) electrons. The van der Waals surface area contributed by atoms with Gasteiger partial charge in [0.05, 0.1) is 18.4 Å². The fourth-order valence-corrected chi connectivity index (χ4v) is 2.46. The van der Waals surface area contributed by atoms with Gasteiger partial charge in [0.1, 0.15) is 5.75 Å². The first-order valence-corrected chi connectivity index (χ1v) is 7.17. The van der Waals surface area contributed by atoms with E-state index in [2.05, 4.69) is 15.9 Å². The molecule has 21 heavy (non-hydrogen) atoms. The Hall–Kier alpha value is -2.01. The van der Waals surface area contributed by atoms with E-state index in [1.165, 1.54) is 0 Å². The molecule has 2 rings (SSSR count). The van der Waals surface area contributed by atoms with Crippen LogP contribution < -0.4 is 9.64 Å². The van der Waals surface area contributed by atoms with Gasteiger partial charge in [-0.15, -0.1) is 0 Å². The van der Waals surface area contributed by atoms with Crippen molar-refractivity contribution in [1.82, 2.24) is 0 Å². The Morgan fingerprint density at radius 2 is 1.90 bits per heavy atom. The minimum Gasteiger partial charge on any atom is -0.497 e.